The number of nitrogens with zero attached hydrogens (tertiary/aromatic N) is 2. The Morgan fingerprint density at radius 3 is 2.94 bits per heavy atom. The van der Waals surface area contributed by atoms with Crippen molar-refractivity contribution < 1.29 is 14.6 Å². The van der Waals surface area contributed by atoms with E-state index < -0.39 is 5.97 Å². The summed E-state index contributed by atoms with van der Waals surface area (Å²) in [6.45, 7) is 3.06. The monoisotopic (exact) mass is 224 g/mol. The summed E-state index contributed by atoms with van der Waals surface area (Å²) in [6, 6.07) is 3.34. The van der Waals surface area contributed by atoms with Gasteiger partial charge in [-0.1, -0.05) is 0 Å². The molecule has 0 radical (unpaired) electrons. The van der Waals surface area contributed by atoms with Gasteiger partial charge in [-0.25, -0.2) is 9.78 Å². The van der Waals surface area contributed by atoms with E-state index in [0.717, 1.165) is 0 Å². The SMILES string of the molecule is CCN(CCO)c1ncccc1C(=O)OC. The first-order chi connectivity index (χ1) is 7.74. The fourth-order valence-corrected chi connectivity index (χ4v) is 1.45. The minimum Gasteiger partial charge on any atom is -0.465 e. The van der Waals surface area contributed by atoms with Crippen LogP contribution in [0.5, 0.6) is 0 Å². The molecule has 0 atom stereocenters. The Labute approximate surface area is 94.7 Å². The number of aromatic nitrogens is 1. The topological polar surface area (TPSA) is 62.7 Å². The van der Waals surface area contributed by atoms with Crippen LogP contribution in [0.3, 0.4) is 0 Å². The molecule has 1 heterocycles. The van der Waals surface area contributed by atoms with Crippen LogP contribution in [0.2, 0.25) is 0 Å². The molecule has 5 nitrogen and oxygen atoms in total. The highest BCUT2D eigenvalue weighted by molar-refractivity contribution is 5.94. The van der Waals surface area contributed by atoms with Crippen LogP contribution in [0.4, 0.5) is 5.82 Å². The lowest BCUT2D eigenvalue weighted by Crippen LogP contribution is -2.29. The van der Waals surface area contributed by atoms with Gasteiger partial charge < -0.3 is 14.7 Å². The number of hydrogen-bond donors (Lipinski definition) is 1. The molecule has 0 fully saturated rings. The Balaban J connectivity index is 3.05. The molecule has 0 aliphatic rings. The lowest BCUT2D eigenvalue weighted by molar-refractivity contribution is 0.0601. The second-order valence-corrected chi connectivity index (χ2v) is 3.17. The molecule has 16 heavy (non-hydrogen) atoms. The predicted octanol–water partition coefficient (Wildman–Crippen LogP) is 0.687. The minimum absolute atomic E-state index is 0.0189. The molecule has 5 heteroatoms. The quantitative estimate of drug-likeness (QED) is 0.745. The number of likely N-dealkylation sites (N-methyl/N-ethyl adjacent to an activating group) is 1. The molecule has 1 rings (SSSR count). The van der Waals surface area contributed by atoms with Crippen LogP contribution in [-0.4, -0.2) is 42.9 Å². The molecule has 88 valence electrons. The molecule has 0 aliphatic heterocycles. The lowest BCUT2D eigenvalue weighted by atomic mass is 10.2. The molecule has 0 spiro atoms. The third-order valence-electron chi connectivity index (χ3n) is 2.24. The first-order valence-electron chi connectivity index (χ1n) is 5.13. The van der Waals surface area contributed by atoms with E-state index in [9.17, 15) is 4.79 Å². The van der Waals surface area contributed by atoms with Crippen LogP contribution in [0.1, 0.15) is 17.3 Å². The van der Waals surface area contributed by atoms with E-state index in [-0.39, 0.29) is 6.61 Å². The number of rotatable bonds is 5. The number of carbonyl (C=O) groups excluding carboxylic acids is 1. The molecule has 0 bridgehead atoms. The third-order valence-corrected chi connectivity index (χ3v) is 2.24. The normalized spacial score (nSPS) is 9.94. The molecule has 1 aromatic rings. The van der Waals surface area contributed by atoms with Crippen LogP contribution in [-0.2, 0) is 4.74 Å². The molecule has 1 N–H and O–H groups in total. The first kappa shape index (κ1) is 12.4. The van der Waals surface area contributed by atoms with Gasteiger partial charge in [-0.2, -0.15) is 0 Å². The number of ether oxygens (including phenoxy) is 1. The van der Waals surface area contributed by atoms with Crippen molar-refractivity contribution in [2.45, 2.75) is 6.92 Å². The van der Waals surface area contributed by atoms with Crippen LogP contribution < -0.4 is 4.90 Å². The van der Waals surface area contributed by atoms with Gasteiger partial charge in [-0.15, -0.1) is 0 Å². The maximum absolute atomic E-state index is 11.5. The van der Waals surface area contributed by atoms with E-state index in [1.165, 1.54) is 7.11 Å². The van der Waals surface area contributed by atoms with E-state index in [1.54, 1.807) is 18.3 Å². The van der Waals surface area contributed by atoms with Crippen molar-refractivity contribution in [1.82, 2.24) is 4.98 Å². The van der Waals surface area contributed by atoms with Crippen LogP contribution in [0, 0.1) is 0 Å². The van der Waals surface area contributed by atoms with Gasteiger partial charge in [0.25, 0.3) is 0 Å². The number of esters is 1. The van der Waals surface area contributed by atoms with Crippen molar-refractivity contribution in [3.8, 4) is 0 Å². The highest BCUT2D eigenvalue weighted by Crippen LogP contribution is 2.17. The van der Waals surface area contributed by atoms with Gasteiger partial charge in [-0.3, -0.25) is 0 Å². The highest BCUT2D eigenvalue weighted by atomic mass is 16.5. The summed E-state index contributed by atoms with van der Waals surface area (Å²) < 4.78 is 4.68. The molecule has 0 amide bonds. The maximum Gasteiger partial charge on any atom is 0.341 e. The molecular weight excluding hydrogens is 208 g/mol. The van der Waals surface area contributed by atoms with E-state index in [0.29, 0.717) is 24.5 Å². The number of aliphatic hydroxyl groups excluding tert-OH is 1. The van der Waals surface area contributed by atoms with Gasteiger partial charge in [0, 0.05) is 19.3 Å². The van der Waals surface area contributed by atoms with Gasteiger partial charge in [-0.05, 0) is 19.1 Å². The Hall–Kier alpha value is -1.62. The van der Waals surface area contributed by atoms with Crippen molar-refractivity contribution in [3.05, 3.63) is 23.9 Å². The first-order valence-corrected chi connectivity index (χ1v) is 5.13. The number of hydrogen-bond acceptors (Lipinski definition) is 5. The minimum atomic E-state index is -0.417. The fraction of sp³-hybridized carbons (Fsp3) is 0.455. The Kier molecular flexibility index (Phi) is 4.72. The molecule has 0 saturated carbocycles. The summed E-state index contributed by atoms with van der Waals surface area (Å²) in [5, 5.41) is 8.93. The van der Waals surface area contributed by atoms with E-state index >= 15 is 0 Å². The number of pyridine rings is 1. The molecule has 0 unspecified atom stereocenters. The number of carbonyl (C=O) groups is 1. The van der Waals surface area contributed by atoms with Crippen LogP contribution >= 0.6 is 0 Å². The lowest BCUT2D eigenvalue weighted by Gasteiger charge is -2.22. The third kappa shape index (κ3) is 2.70. The molecular formula is C11H16N2O3. The number of aliphatic hydroxyl groups is 1. The standard InChI is InChI=1S/C11H16N2O3/c1-3-13(7-8-14)10-9(11(15)16-2)5-4-6-12-10/h4-6,14H,3,7-8H2,1-2H3. The van der Waals surface area contributed by atoms with E-state index in [2.05, 4.69) is 9.72 Å². The molecule has 0 saturated heterocycles. The van der Waals surface area contributed by atoms with Crippen molar-refractivity contribution in [2.24, 2.45) is 0 Å². The van der Waals surface area contributed by atoms with Gasteiger partial charge in [0.1, 0.15) is 11.4 Å². The number of methoxy groups -OCH3 is 1. The van der Waals surface area contributed by atoms with Crippen LogP contribution in [0.15, 0.2) is 18.3 Å². The molecule has 0 aromatic carbocycles. The summed E-state index contributed by atoms with van der Waals surface area (Å²) in [4.78, 5) is 17.5. The van der Waals surface area contributed by atoms with Gasteiger partial charge >= 0.3 is 5.97 Å². The van der Waals surface area contributed by atoms with Gasteiger partial charge in [0.05, 0.1) is 13.7 Å². The zero-order valence-electron chi connectivity index (χ0n) is 9.51. The average Bonchev–Trinajstić information content (AvgIpc) is 2.35. The second kappa shape index (κ2) is 6.07. The summed E-state index contributed by atoms with van der Waals surface area (Å²) in [7, 11) is 1.33. The summed E-state index contributed by atoms with van der Waals surface area (Å²) in [6.07, 6.45) is 1.61. The zero-order valence-corrected chi connectivity index (χ0v) is 9.51. The van der Waals surface area contributed by atoms with E-state index in [1.807, 2.05) is 11.8 Å². The van der Waals surface area contributed by atoms with Crippen molar-refractivity contribution in [1.29, 1.82) is 0 Å². The fourth-order valence-electron chi connectivity index (χ4n) is 1.45. The molecule has 1 aromatic heterocycles. The summed E-state index contributed by atoms with van der Waals surface area (Å²) in [5.41, 5.74) is 0.417. The van der Waals surface area contributed by atoms with Crippen molar-refractivity contribution >= 4 is 11.8 Å². The Bertz CT molecular complexity index is 355. The smallest absolute Gasteiger partial charge is 0.341 e. The van der Waals surface area contributed by atoms with Crippen LogP contribution in [0.25, 0.3) is 0 Å². The average molecular weight is 224 g/mol. The van der Waals surface area contributed by atoms with E-state index in [4.69, 9.17) is 5.11 Å². The Morgan fingerprint density at radius 1 is 1.62 bits per heavy atom. The van der Waals surface area contributed by atoms with Gasteiger partial charge in [0.15, 0.2) is 0 Å². The largest absolute Gasteiger partial charge is 0.465 e. The van der Waals surface area contributed by atoms with Gasteiger partial charge in [0.2, 0.25) is 0 Å². The predicted molar refractivity (Wildman–Crippen MR) is 60.5 cm³/mol. The summed E-state index contributed by atoms with van der Waals surface area (Å²) >= 11 is 0. The molecule has 0 aliphatic carbocycles. The number of anilines is 1. The van der Waals surface area contributed by atoms with Crippen molar-refractivity contribution in [3.63, 3.8) is 0 Å². The Morgan fingerprint density at radius 2 is 2.38 bits per heavy atom. The van der Waals surface area contributed by atoms with Crippen molar-refractivity contribution in [2.75, 3.05) is 31.7 Å². The summed E-state index contributed by atoms with van der Waals surface area (Å²) in [5.74, 6) is 0.130. The maximum atomic E-state index is 11.5. The highest BCUT2D eigenvalue weighted by Gasteiger charge is 2.16. The zero-order chi connectivity index (χ0) is 12.0. The second-order valence-electron chi connectivity index (χ2n) is 3.17.